The third kappa shape index (κ3) is 4.77. The van der Waals surface area contributed by atoms with Gasteiger partial charge in [0.05, 0.1) is 25.2 Å². The Labute approximate surface area is 183 Å². The smallest absolute Gasteiger partial charge is 0.411 e. The van der Waals surface area contributed by atoms with Gasteiger partial charge in [0.25, 0.3) is 0 Å². The van der Waals surface area contributed by atoms with Crippen LogP contribution in [0.2, 0.25) is 0 Å². The zero-order chi connectivity index (χ0) is 22.1. The zero-order valence-corrected chi connectivity index (χ0v) is 19.2. The van der Waals surface area contributed by atoms with Gasteiger partial charge in [-0.3, -0.25) is 4.90 Å². The first-order valence-electron chi connectivity index (χ1n) is 9.49. The normalized spacial score (nSPS) is 18.9. The molecule has 1 aromatic heterocycles. The molecule has 1 saturated heterocycles. The second-order valence-electron chi connectivity index (χ2n) is 7.97. The van der Waals surface area contributed by atoms with Crippen molar-refractivity contribution in [3.8, 4) is 11.6 Å². The van der Waals surface area contributed by atoms with Crippen LogP contribution in [0, 0.1) is 0 Å². The molecule has 0 aliphatic carbocycles. The summed E-state index contributed by atoms with van der Waals surface area (Å²) in [5.74, 6) is 0.600. The van der Waals surface area contributed by atoms with Crippen molar-refractivity contribution < 1.29 is 28.5 Å². The largest absolute Gasteiger partial charge is 0.496 e. The van der Waals surface area contributed by atoms with Gasteiger partial charge in [-0.1, -0.05) is 0 Å². The van der Waals surface area contributed by atoms with Crippen molar-refractivity contribution in [1.82, 2.24) is 9.88 Å². The Hall–Kier alpha value is -2.55. The van der Waals surface area contributed by atoms with E-state index in [1.807, 2.05) is 18.2 Å². The van der Waals surface area contributed by atoms with E-state index in [1.54, 1.807) is 34.1 Å². The molecule has 0 radical (unpaired) electrons. The molecule has 0 N–H and O–H groups in total. The second-order valence-corrected chi connectivity index (χ2v) is 8.83. The summed E-state index contributed by atoms with van der Waals surface area (Å²) in [6.45, 7) is 5.50. The van der Waals surface area contributed by atoms with Crippen LogP contribution in [-0.2, 0) is 14.3 Å². The van der Waals surface area contributed by atoms with E-state index in [4.69, 9.17) is 18.9 Å². The predicted molar refractivity (Wildman–Crippen MR) is 114 cm³/mol. The molecular formula is C21H25BrN2O6. The maximum Gasteiger partial charge on any atom is 0.411 e. The van der Waals surface area contributed by atoms with E-state index >= 15 is 0 Å². The molecule has 9 heteroatoms. The molecule has 1 aliphatic rings. The molecule has 2 unspecified atom stereocenters. The van der Waals surface area contributed by atoms with E-state index in [-0.39, 0.29) is 13.0 Å². The number of carbonyl (C=O) groups is 2. The average Bonchev–Trinajstić information content (AvgIpc) is 3.10. The molecule has 1 aliphatic heterocycles. The van der Waals surface area contributed by atoms with Crippen molar-refractivity contribution in [3.05, 3.63) is 28.9 Å². The van der Waals surface area contributed by atoms with E-state index in [2.05, 4.69) is 20.9 Å². The van der Waals surface area contributed by atoms with Gasteiger partial charge in [0.1, 0.15) is 23.5 Å². The summed E-state index contributed by atoms with van der Waals surface area (Å²) < 4.78 is 22.6. The molecule has 0 saturated carbocycles. The van der Waals surface area contributed by atoms with E-state index in [0.29, 0.717) is 11.6 Å². The summed E-state index contributed by atoms with van der Waals surface area (Å²) in [7, 11) is 2.89. The maximum atomic E-state index is 12.6. The number of hydrogen-bond acceptors (Lipinski definition) is 7. The van der Waals surface area contributed by atoms with Crippen LogP contribution in [0.1, 0.15) is 27.2 Å². The zero-order valence-electron chi connectivity index (χ0n) is 17.6. The number of aromatic nitrogens is 1. The summed E-state index contributed by atoms with van der Waals surface area (Å²) in [5, 5.41) is 1.68. The lowest BCUT2D eigenvalue weighted by atomic mass is 10.1. The highest BCUT2D eigenvalue weighted by atomic mass is 79.9. The minimum atomic E-state index is -0.781. The predicted octanol–water partition coefficient (Wildman–Crippen LogP) is 3.94. The molecule has 0 bridgehead atoms. The molecular weight excluding hydrogens is 456 g/mol. The lowest BCUT2D eigenvalue weighted by Crippen LogP contribution is -2.44. The van der Waals surface area contributed by atoms with E-state index in [9.17, 15) is 9.59 Å². The first kappa shape index (κ1) is 22.1. The highest BCUT2D eigenvalue weighted by Gasteiger charge is 2.43. The van der Waals surface area contributed by atoms with E-state index < -0.39 is 29.8 Å². The first-order valence-corrected chi connectivity index (χ1v) is 10.3. The molecule has 2 heterocycles. The van der Waals surface area contributed by atoms with Gasteiger partial charge in [-0.25, -0.2) is 14.6 Å². The third-order valence-corrected chi connectivity index (χ3v) is 5.26. The topological polar surface area (TPSA) is 87.2 Å². The minimum absolute atomic E-state index is 0.185. The summed E-state index contributed by atoms with van der Waals surface area (Å²) >= 11 is 3.48. The van der Waals surface area contributed by atoms with Crippen LogP contribution in [0.4, 0.5) is 4.79 Å². The molecule has 8 nitrogen and oxygen atoms in total. The van der Waals surface area contributed by atoms with Gasteiger partial charge in [-0.15, -0.1) is 0 Å². The molecule has 3 rings (SSSR count). The van der Waals surface area contributed by atoms with Crippen LogP contribution in [0.5, 0.6) is 11.6 Å². The van der Waals surface area contributed by atoms with Gasteiger partial charge in [-0.2, -0.15) is 0 Å². The van der Waals surface area contributed by atoms with Crippen molar-refractivity contribution in [2.24, 2.45) is 0 Å². The Bertz CT molecular complexity index is 958. The Morgan fingerprint density at radius 3 is 2.60 bits per heavy atom. The number of pyridine rings is 1. The van der Waals surface area contributed by atoms with Crippen LogP contribution >= 0.6 is 15.9 Å². The fourth-order valence-electron chi connectivity index (χ4n) is 3.32. The summed E-state index contributed by atoms with van der Waals surface area (Å²) in [6, 6.07) is 4.83. The monoisotopic (exact) mass is 480 g/mol. The number of ether oxygens (including phenoxy) is 4. The van der Waals surface area contributed by atoms with Crippen LogP contribution in [0.3, 0.4) is 0 Å². The van der Waals surface area contributed by atoms with Crippen LogP contribution in [0.25, 0.3) is 10.8 Å². The quantitative estimate of drug-likeness (QED) is 0.612. The minimum Gasteiger partial charge on any atom is -0.496 e. The highest BCUT2D eigenvalue weighted by molar-refractivity contribution is 9.10. The Morgan fingerprint density at radius 1 is 1.23 bits per heavy atom. The Balaban J connectivity index is 1.86. The van der Waals surface area contributed by atoms with E-state index in [1.165, 1.54) is 12.0 Å². The molecule has 1 amide bonds. The van der Waals surface area contributed by atoms with Gasteiger partial charge in [0.2, 0.25) is 5.88 Å². The number of fused-ring (bicyclic) bond motifs is 1. The van der Waals surface area contributed by atoms with Crippen molar-refractivity contribution >= 4 is 38.8 Å². The number of benzene rings is 1. The van der Waals surface area contributed by atoms with Gasteiger partial charge in [-0.05, 0) is 60.3 Å². The average molecular weight is 481 g/mol. The van der Waals surface area contributed by atoms with Gasteiger partial charge in [0, 0.05) is 18.0 Å². The standard InChI is InChI=1S/C21H25BrN2O6/c1-21(2,3)30-20(26)24-11-13(9-16(24)19(25)28-5)29-18-14-10-15(22)17(27-4)8-12(14)6-7-23-18/h6-8,10,13,16H,9,11H2,1-5H3. The van der Waals surface area contributed by atoms with Crippen LogP contribution in [0.15, 0.2) is 28.9 Å². The van der Waals surface area contributed by atoms with Gasteiger partial charge in [0.15, 0.2) is 0 Å². The first-order chi connectivity index (χ1) is 14.1. The number of hydrogen-bond donors (Lipinski definition) is 0. The fraction of sp³-hybridized carbons (Fsp3) is 0.476. The maximum absolute atomic E-state index is 12.6. The Kier molecular flexibility index (Phi) is 6.40. The second kappa shape index (κ2) is 8.67. The molecule has 2 aromatic rings. The number of likely N-dealkylation sites (tertiary alicyclic amines) is 1. The van der Waals surface area contributed by atoms with Gasteiger partial charge >= 0.3 is 12.1 Å². The molecule has 2 atom stereocenters. The van der Waals surface area contributed by atoms with Crippen molar-refractivity contribution in [2.45, 2.75) is 44.9 Å². The summed E-state index contributed by atoms with van der Waals surface area (Å²) in [5.41, 5.74) is -0.681. The van der Waals surface area contributed by atoms with Crippen LogP contribution < -0.4 is 9.47 Å². The van der Waals surface area contributed by atoms with Gasteiger partial charge < -0.3 is 18.9 Å². The number of amides is 1. The highest BCUT2D eigenvalue weighted by Crippen LogP contribution is 2.35. The molecule has 30 heavy (non-hydrogen) atoms. The van der Waals surface area contributed by atoms with Crippen molar-refractivity contribution in [2.75, 3.05) is 20.8 Å². The molecule has 1 aromatic carbocycles. The Morgan fingerprint density at radius 2 is 1.97 bits per heavy atom. The number of esters is 1. The number of carbonyl (C=O) groups excluding carboxylic acids is 2. The number of halogens is 1. The molecule has 162 valence electrons. The number of rotatable bonds is 4. The van der Waals surface area contributed by atoms with Crippen molar-refractivity contribution in [1.29, 1.82) is 0 Å². The van der Waals surface area contributed by atoms with Crippen LogP contribution in [-0.4, -0.2) is 60.5 Å². The fourth-order valence-corrected chi connectivity index (χ4v) is 3.83. The lowest BCUT2D eigenvalue weighted by Gasteiger charge is -2.27. The molecule has 0 spiro atoms. The summed E-state index contributed by atoms with van der Waals surface area (Å²) in [6.07, 6.45) is 0.896. The third-order valence-electron chi connectivity index (χ3n) is 4.64. The summed E-state index contributed by atoms with van der Waals surface area (Å²) in [4.78, 5) is 30.6. The number of nitrogens with zero attached hydrogens (tertiary/aromatic N) is 2. The lowest BCUT2D eigenvalue weighted by molar-refractivity contribution is -0.145. The van der Waals surface area contributed by atoms with E-state index in [0.717, 1.165) is 15.2 Å². The molecule has 1 fully saturated rings. The SMILES string of the molecule is COC(=O)C1CC(Oc2nccc3cc(OC)c(Br)cc23)CN1C(=O)OC(C)(C)C. The van der Waals surface area contributed by atoms with Crippen molar-refractivity contribution in [3.63, 3.8) is 0 Å². The number of methoxy groups -OCH3 is 2.